The molecule has 0 fully saturated rings. The number of aromatic hydroxyl groups is 1. The van der Waals surface area contributed by atoms with Crippen LogP contribution in [0.25, 0.3) is 0 Å². The Morgan fingerprint density at radius 1 is 0.938 bits per heavy atom. The van der Waals surface area contributed by atoms with Gasteiger partial charge in [0.05, 0.1) is 0 Å². The minimum Gasteiger partial charge on any atom is -0.508 e. The van der Waals surface area contributed by atoms with Crippen molar-refractivity contribution in [3.63, 3.8) is 0 Å². The third-order valence-electron chi connectivity index (χ3n) is 2.56. The van der Waals surface area contributed by atoms with Crippen LogP contribution in [0.1, 0.15) is 11.1 Å². The maximum atomic E-state index is 9.29. The van der Waals surface area contributed by atoms with Crippen molar-refractivity contribution >= 4 is 15.9 Å². The van der Waals surface area contributed by atoms with E-state index in [0.29, 0.717) is 5.75 Å². The number of rotatable bonds is 3. The van der Waals surface area contributed by atoms with Gasteiger partial charge in [0.2, 0.25) is 0 Å². The van der Waals surface area contributed by atoms with Crippen LogP contribution in [0.15, 0.2) is 53.0 Å². The van der Waals surface area contributed by atoms with Crippen molar-refractivity contribution in [3.8, 4) is 5.75 Å². The third kappa shape index (κ3) is 2.86. The van der Waals surface area contributed by atoms with Gasteiger partial charge in [-0.05, 0) is 36.1 Å². The summed E-state index contributed by atoms with van der Waals surface area (Å²) in [4.78, 5) is 0. The quantitative estimate of drug-likeness (QED) is 0.901. The standard InChI is InChI=1S/C14H13BrO/c15-14-10-13(16)9-8-12(14)7-6-11-4-2-1-3-5-11/h1-5,8-10,16H,6-7H2. The molecular formula is C14H13BrO. The summed E-state index contributed by atoms with van der Waals surface area (Å²) in [6, 6.07) is 15.8. The highest BCUT2D eigenvalue weighted by Crippen LogP contribution is 2.23. The van der Waals surface area contributed by atoms with Crippen molar-refractivity contribution in [2.75, 3.05) is 0 Å². The number of hydrogen-bond donors (Lipinski definition) is 1. The van der Waals surface area contributed by atoms with Gasteiger partial charge in [0.1, 0.15) is 5.75 Å². The Balaban J connectivity index is 2.05. The molecule has 2 aromatic carbocycles. The SMILES string of the molecule is Oc1ccc(CCc2ccccc2)c(Br)c1. The van der Waals surface area contributed by atoms with Gasteiger partial charge in [-0.1, -0.05) is 52.3 Å². The molecule has 0 radical (unpaired) electrons. The predicted molar refractivity (Wildman–Crippen MR) is 69.7 cm³/mol. The van der Waals surface area contributed by atoms with Crippen molar-refractivity contribution < 1.29 is 5.11 Å². The number of phenols is 1. The van der Waals surface area contributed by atoms with Crippen LogP contribution in [0.3, 0.4) is 0 Å². The van der Waals surface area contributed by atoms with E-state index in [2.05, 4.69) is 40.2 Å². The van der Waals surface area contributed by atoms with Crippen LogP contribution in [-0.2, 0) is 12.8 Å². The number of benzene rings is 2. The van der Waals surface area contributed by atoms with Crippen LogP contribution in [0.5, 0.6) is 5.75 Å². The molecule has 1 N–H and O–H groups in total. The largest absolute Gasteiger partial charge is 0.508 e. The van der Waals surface area contributed by atoms with Gasteiger partial charge >= 0.3 is 0 Å². The average molecular weight is 277 g/mol. The lowest BCUT2D eigenvalue weighted by Gasteiger charge is -2.05. The molecule has 2 heteroatoms. The summed E-state index contributed by atoms with van der Waals surface area (Å²) in [5.74, 6) is 0.301. The maximum absolute atomic E-state index is 9.29. The zero-order chi connectivity index (χ0) is 11.4. The van der Waals surface area contributed by atoms with Gasteiger partial charge in [-0.25, -0.2) is 0 Å². The van der Waals surface area contributed by atoms with Gasteiger partial charge in [0.25, 0.3) is 0 Å². The van der Waals surface area contributed by atoms with Gasteiger partial charge in [0, 0.05) is 4.47 Å². The van der Waals surface area contributed by atoms with Crippen LogP contribution in [0.4, 0.5) is 0 Å². The highest BCUT2D eigenvalue weighted by Gasteiger charge is 2.01. The van der Waals surface area contributed by atoms with Crippen LogP contribution in [0, 0.1) is 0 Å². The number of phenolic OH excluding ortho intramolecular Hbond substituents is 1. The Hall–Kier alpha value is -1.28. The van der Waals surface area contributed by atoms with E-state index in [1.54, 1.807) is 12.1 Å². The highest BCUT2D eigenvalue weighted by molar-refractivity contribution is 9.10. The van der Waals surface area contributed by atoms with E-state index in [9.17, 15) is 5.11 Å². The zero-order valence-electron chi connectivity index (χ0n) is 8.86. The van der Waals surface area contributed by atoms with Gasteiger partial charge in [-0.3, -0.25) is 0 Å². The molecule has 0 aliphatic carbocycles. The number of halogens is 1. The summed E-state index contributed by atoms with van der Waals surface area (Å²) in [5.41, 5.74) is 2.56. The van der Waals surface area contributed by atoms with E-state index in [-0.39, 0.29) is 0 Å². The van der Waals surface area contributed by atoms with Crippen LogP contribution < -0.4 is 0 Å². The predicted octanol–water partition coefficient (Wildman–Crippen LogP) is 3.94. The number of aryl methyl sites for hydroxylation is 2. The lowest BCUT2D eigenvalue weighted by atomic mass is 10.0. The summed E-state index contributed by atoms with van der Waals surface area (Å²) in [5, 5.41) is 9.29. The molecule has 2 rings (SSSR count). The van der Waals surface area contributed by atoms with Gasteiger partial charge in [0.15, 0.2) is 0 Å². The van der Waals surface area contributed by atoms with Crippen LogP contribution >= 0.6 is 15.9 Å². The molecule has 0 unspecified atom stereocenters. The zero-order valence-corrected chi connectivity index (χ0v) is 10.4. The Morgan fingerprint density at radius 3 is 2.38 bits per heavy atom. The van der Waals surface area contributed by atoms with E-state index in [1.165, 1.54) is 11.1 Å². The number of hydrogen-bond acceptors (Lipinski definition) is 1. The topological polar surface area (TPSA) is 20.2 Å². The lowest BCUT2D eigenvalue weighted by molar-refractivity contribution is 0.474. The fraction of sp³-hybridized carbons (Fsp3) is 0.143. The Labute approximate surface area is 104 Å². The molecule has 0 spiro atoms. The molecule has 0 aliphatic heterocycles. The van der Waals surface area contributed by atoms with Gasteiger partial charge in [-0.15, -0.1) is 0 Å². The first kappa shape index (κ1) is 11.2. The second-order valence-electron chi connectivity index (χ2n) is 3.76. The summed E-state index contributed by atoms with van der Waals surface area (Å²) in [6.07, 6.45) is 2.00. The van der Waals surface area contributed by atoms with E-state index >= 15 is 0 Å². The highest BCUT2D eigenvalue weighted by atomic mass is 79.9. The summed E-state index contributed by atoms with van der Waals surface area (Å²) in [7, 11) is 0. The third-order valence-corrected chi connectivity index (χ3v) is 3.30. The van der Waals surface area contributed by atoms with Gasteiger partial charge < -0.3 is 5.11 Å². The Kier molecular flexibility index (Phi) is 3.62. The molecule has 16 heavy (non-hydrogen) atoms. The summed E-state index contributed by atoms with van der Waals surface area (Å²) < 4.78 is 0.975. The minimum atomic E-state index is 0.301. The Morgan fingerprint density at radius 2 is 1.69 bits per heavy atom. The van der Waals surface area contributed by atoms with Crippen molar-refractivity contribution in [1.29, 1.82) is 0 Å². The molecule has 2 aromatic rings. The molecule has 0 aromatic heterocycles. The molecule has 0 saturated heterocycles. The van der Waals surface area contributed by atoms with Crippen molar-refractivity contribution in [2.45, 2.75) is 12.8 Å². The van der Waals surface area contributed by atoms with Crippen molar-refractivity contribution in [1.82, 2.24) is 0 Å². The fourth-order valence-electron chi connectivity index (χ4n) is 1.66. The summed E-state index contributed by atoms with van der Waals surface area (Å²) >= 11 is 3.46. The smallest absolute Gasteiger partial charge is 0.116 e. The molecule has 0 atom stereocenters. The van der Waals surface area contributed by atoms with E-state index in [0.717, 1.165) is 17.3 Å². The first-order valence-corrected chi connectivity index (χ1v) is 6.06. The molecule has 1 nitrogen and oxygen atoms in total. The normalized spacial score (nSPS) is 10.3. The van der Waals surface area contributed by atoms with Crippen LogP contribution in [-0.4, -0.2) is 5.11 Å². The second kappa shape index (κ2) is 5.17. The van der Waals surface area contributed by atoms with E-state index < -0.39 is 0 Å². The first-order chi connectivity index (χ1) is 7.75. The lowest BCUT2D eigenvalue weighted by Crippen LogP contribution is -1.91. The molecular weight excluding hydrogens is 264 g/mol. The molecule has 0 heterocycles. The maximum Gasteiger partial charge on any atom is 0.116 e. The molecule has 0 aliphatic rings. The fourth-order valence-corrected chi connectivity index (χ4v) is 2.23. The van der Waals surface area contributed by atoms with E-state index in [4.69, 9.17) is 0 Å². The van der Waals surface area contributed by atoms with Crippen LogP contribution in [0.2, 0.25) is 0 Å². The average Bonchev–Trinajstić information content (AvgIpc) is 2.29. The second-order valence-corrected chi connectivity index (χ2v) is 4.62. The van der Waals surface area contributed by atoms with Crippen molar-refractivity contribution in [3.05, 3.63) is 64.1 Å². The molecule has 82 valence electrons. The first-order valence-electron chi connectivity index (χ1n) is 5.27. The molecule has 0 amide bonds. The minimum absolute atomic E-state index is 0.301. The van der Waals surface area contributed by atoms with E-state index in [1.807, 2.05) is 12.1 Å². The monoisotopic (exact) mass is 276 g/mol. The molecule has 0 bridgehead atoms. The summed E-state index contributed by atoms with van der Waals surface area (Å²) in [6.45, 7) is 0. The van der Waals surface area contributed by atoms with Crippen molar-refractivity contribution in [2.24, 2.45) is 0 Å². The Bertz CT molecular complexity index is 465. The van der Waals surface area contributed by atoms with Gasteiger partial charge in [-0.2, -0.15) is 0 Å². The molecule has 0 saturated carbocycles.